The molecule has 35 heavy (non-hydrogen) atoms. The van der Waals surface area contributed by atoms with Gasteiger partial charge in [0, 0.05) is 30.7 Å². The monoisotopic (exact) mass is 504 g/mol. The van der Waals surface area contributed by atoms with Crippen molar-refractivity contribution in [2.45, 2.75) is 75.3 Å². The van der Waals surface area contributed by atoms with Gasteiger partial charge in [0.2, 0.25) is 0 Å². The lowest BCUT2D eigenvalue weighted by atomic mass is 9.47. The van der Waals surface area contributed by atoms with E-state index in [-0.39, 0.29) is 0 Å². The molecule has 0 radical (unpaired) electrons. The predicted octanol–water partition coefficient (Wildman–Crippen LogP) is 6.56. The van der Waals surface area contributed by atoms with Crippen molar-refractivity contribution in [1.29, 1.82) is 0 Å². The van der Waals surface area contributed by atoms with Gasteiger partial charge in [-0.15, -0.1) is 17.8 Å². The van der Waals surface area contributed by atoms with Gasteiger partial charge < -0.3 is 0 Å². The lowest BCUT2D eigenvalue weighted by Crippen LogP contribution is -2.53. The molecule has 2 aromatic rings. The van der Waals surface area contributed by atoms with Gasteiger partial charge in [-0.1, -0.05) is 39.0 Å². The summed E-state index contributed by atoms with van der Waals surface area (Å²) < 4.78 is 0. The standard InChI is InChI=1S/C29H38N4P2/c1-27(2,3)35-26(28-14-19-11-20(15-28)13-21(12-19)16-28)22-5-4-6-23(22)29(34,24-17-30-7-9-32-24)25-18-31-8-10-33-25/h4-10,17-22,26,35H,11-16,34H2,1-3H3. The summed E-state index contributed by atoms with van der Waals surface area (Å²) in [7, 11) is 4.07. The van der Waals surface area contributed by atoms with Crippen molar-refractivity contribution in [2.75, 3.05) is 0 Å². The normalized spacial score (nSPS) is 33.0. The van der Waals surface area contributed by atoms with Gasteiger partial charge in [-0.3, -0.25) is 19.9 Å². The third-order valence-electron chi connectivity index (χ3n) is 9.04. The number of rotatable bonds is 6. The van der Waals surface area contributed by atoms with Crippen LogP contribution in [0.15, 0.2) is 61.0 Å². The molecule has 6 heteroatoms. The van der Waals surface area contributed by atoms with E-state index >= 15 is 0 Å². The van der Waals surface area contributed by atoms with Crippen LogP contribution in [-0.2, 0) is 5.16 Å². The highest BCUT2D eigenvalue weighted by molar-refractivity contribution is 7.40. The molecule has 2 heterocycles. The molecule has 5 aliphatic rings. The second-order valence-corrected chi connectivity index (χ2v) is 16.0. The molecule has 4 unspecified atom stereocenters. The molecular formula is C29H38N4P2. The first-order valence-corrected chi connectivity index (χ1v) is 14.9. The molecule has 0 aromatic carbocycles. The first-order chi connectivity index (χ1) is 16.8. The van der Waals surface area contributed by atoms with Crippen molar-refractivity contribution in [3.8, 4) is 0 Å². The zero-order valence-corrected chi connectivity index (χ0v) is 23.3. The van der Waals surface area contributed by atoms with Crippen LogP contribution < -0.4 is 0 Å². The zero-order chi connectivity index (χ0) is 24.3. The van der Waals surface area contributed by atoms with Crippen molar-refractivity contribution in [2.24, 2.45) is 29.1 Å². The topological polar surface area (TPSA) is 51.6 Å². The van der Waals surface area contributed by atoms with E-state index in [2.05, 4.69) is 58.2 Å². The largest absolute Gasteiger partial charge is 0.261 e. The molecule has 2 aromatic heterocycles. The van der Waals surface area contributed by atoms with Crippen LogP contribution in [-0.4, -0.2) is 30.8 Å². The van der Waals surface area contributed by atoms with Crippen LogP contribution in [0.1, 0.15) is 70.7 Å². The molecule has 7 rings (SSSR count). The number of allylic oxidation sites excluding steroid dienone is 4. The molecule has 4 nitrogen and oxygen atoms in total. The minimum absolute atomic E-state index is 0.304. The van der Waals surface area contributed by atoms with E-state index in [4.69, 9.17) is 9.97 Å². The van der Waals surface area contributed by atoms with Crippen LogP contribution in [0.3, 0.4) is 0 Å². The lowest BCUT2D eigenvalue weighted by molar-refractivity contribution is -0.0577. The molecule has 5 aliphatic carbocycles. The van der Waals surface area contributed by atoms with Gasteiger partial charge in [0.1, 0.15) is 0 Å². The summed E-state index contributed by atoms with van der Waals surface area (Å²) in [6, 6.07) is 0. The first kappa shape index (κ1) is 23.9. The van der Waals surface area contributed by atoms with Crippen LogP contribution in [0, 0.1) is 29.1 Å². The summed E-state index contributed by atoms with van der Waals surface area (Å²) in [6.07, 6.45) is 26.8. The minimum Gasteiger partial charge on any atom is -0.261 e. The summed E-state index contributed by atoms with van der Waals surface area (Å²) in [5.41, 5.74) is 4.35. The molecule has 4 saturated carbocycles. The Hall–Kier alpha value is -1.50. The van der Waals surface area contributed by atoms with Gasteiger partial charge in [0.15, 0.2) is 0 Å². The third-order valence-corrected chi connectivity index (χ3v) is 12.1. The zero-order valence-electron chi connectivity index (χ0n) is 21.2. The van der Waals surface area contributed by atoms with Gasteiger partial charge in [0.05, 0.1) is 28.9 Å². The van der Waals surface area contributed by atoms with Crippen LogP contribution in [0.25, 0.3) is 0 Å². The summed E-state index contributed by atoms with van der Waals surface area (Å²) in [5, 5.41) is -0.238. The lowest BCUT2D eigenvalue weighted by Gasteiger charge is -2.61. The Balaban J connectivity index is 1.46. The third kappa shape index (κ3) is 4.23. The average molecular weight is 505 g/mol. The van der Waals surface area contributed by atoms with Gasteiger partial charge in [-0.05, 0) is 78.1 Å². The maximum absolute atomic E-state index is 4.82. The van der Waals surface area contributed by atoms with E-state index in [1.807, 2.05) is 12.4 Å². The number of aromatic nitrogens is 4. The summed E-state index contributed by atoms with van der Waals surface area (Å²) in [4.78, 5) is 18.6. The highest BCUT2D eigenvalue weighted by Crippen LogP contribution is 2.67. The maximum Gasteiger partial charge on any atom is 0.0933 e. The predicted molar refractivity (Wildman–Crippen MR) is 148 cm³/mol. The Labute approximate surface area is 214 Å². The molecule has 184 valence electrons. The Morgan fingerprint density at radius 2 is 1.43 bits per heavy atom. The van der Waals surface area contributed by atoms with Crippen molar-refractivity contribution < 1.29 is 0 Å². The Morgan fingerprint density at radius 1 is 0.886 bits per heavy atom. The Morgan fingerprint density at radius 3 is 1.89 bits per heavy atom. The fourth-order valence-corrected chi connectivity index (χ4v) is 10.9. The fourth-order valence-electron chi connectivity index (χ4n) is 8.26. The van der Waals surface area contributed by atoms with Crippen molar-refractivity contribution in [3.05, 3.63) is 72.4 Å². The Bertz CT molecular complexity index is 1050. The van der Waals surface area contributed by atoms with E-state index in [0.717, 1.165) is 37.7 Å². The first-order valence-electron chi connectivity index (χ1n) is 13.3. The highest BCUT2D eigenvalue weighted by Gasteiger charge is 2.57. The smallest absolute Gasteiger partial charge is 0.0933 e. The Kier molecular flexibility index (Phi) is 6.01. The van der Waals surface area contributed by atoms with Crippen LogP contribution in [0.4, 0.5) is 0 Å². The van der Waals surface area contributed by atoms with Gasteiger partial charge in [0.25, 0.3) is 0 Å². The van der Waals surface area contributed by atoms with E-state index in [0.29, 0.717) is 22.1 Å². The molecule has 0 amide bonds. The van der Waals surface area contributed by atoms with E-state index in [1.54, 1.807) is 24.8 Å². The number of hydrogen-bond donors (Lipinski definition) is 0. The van der Waals surface area contributed by atoms with E-state index < -0.39 is 5.16 Å². The van der Waals surface area contributed by atoms with Gasteiger partial charge in [-0.2, -0.15) is 0 Å². The molecule has 4 atom stereocenters. The summed E-state index contributed by atoms with van der Waals surface area (Å²) in [6.45, 7) is 7.33. The molecular weight excluding hydrogens is 466 g/mol. The summed E-state index contributed by atoms with van der Waals surface area (Å²) in [5.74, 6) is 3.23. The SMILES string of the molecule is CC(C)(C)PC(C1C=CC=C1C(P)(c1cnccn1)c1cnccn1)C12CC3CC(CC(C3)C1)C2. The number of hydrogen-bond acceptors (Lipinski definition) is 4. The van der Waals surface area contributed by atoms with E-state index in [9.17, 15) is 0 Å². The maximum atomic E-state index is 4.82. The molecule has 4 bridgehead atoms. The molecule has 0 spiro atoms. The fraction of sp³-hybridized carbons (Fsp3) is 0.586. The molecule has 0 saturated heterocycles. The van der Waals surface area contributed by atoms with Crippen molar-refractivity contribution in [1.82, 2.24) is 19.9 Å². The molecule has 4 fully saturated rings. The molecule has 0 N–H and O–H groups in total. The second-order valence-electron chi connectivity index (χ2n) is 12.7. The van der Waals surface area contributed by atoms with Crippen LogP contribution >= 0.6 is 17.8 Å². The van der Waals surface area contributed by atoms with Crippen molar-refractivity contribution in [3.63, 3.8) is 0 Å². The van der Waals surface area contributed by atoms with Crippen molar-refractivity contribution >= 4 is 17.8 Å². The second kappa shape index (κ2) is 8.81. The van der Waals surface area contributed by atoms with Crippen LogP contribution in [0.2, 0.25) is 0 Å². The summed E-state index contributed by atoms with van der Waals surface area (Å²) >= 11 is 0. The average Bonchev–Trinajstić information content (AvgIpc) is 3.32. The van der Waals surface area contributed by atoms with Gasteiger partial charge >= 0.3 is 0 Å². The minimum atomic E-state index is -0.542. The van der Waals surface area contributed by atoms with E-state index in [1.165, 1.54) is 44.1 Å². The van der Waals surface area contributed by atoms with Gasteiger partial charge in [-0.25, -0.2) is 0 Å². The number of nitrogens with zero attached hydrogens (tertiary/aromatic N) is 4. The highest BCUT2D eigenvalue weighted by atomic mass is 31.1. The molecule has 0 aliphatic heterocycles. The van der Waals surface area contributed by atoms with Crippen LogP contribution in [0.5, 0.6) is 0 Å². The quantitative estimate of drug-likeness (QED) is 0.418.